The summed E-state index contributed by atoms with van der Waals surface area (Å²) >= 11 is 0. The van der Waals surface area contributed by atoms with E-state index in [0.29, 0.717) is 43.6 Å². The molecule has 2 aromatic rings. The predicted octanol–water partition coefficient (Wildman–Crippen LogP) is 8.41. The lowest BCUT2D eigenvalue weighted by Gasteiger charge is -2.18. The van der Waals surface area contributed by atoms with Crippen molar-refractivity contribution in [1.82, 2.24) is 0 Å². The number of hydrogen-bond donors (Lipinski definition) is 0. The number of benzene rings is 2. The van der Waals surface area contributed by atoms with E-state index in [1.165, 1.54) is 0 Å². The number of carbonyl (C=O) groups is 4. The van der Waals surface area contributed by atoms with Crippen LogP contribution in [0.2, 0.25) is 0 Å². The summed E-state index contributed by atoms with van der Waals surface area (Å²) in [6.07, 6.45) is 3.18. The lowest BCUT2D eigenvalue weighted by Crippen LogP contribution is -2.34. The maximum Gasteiger partial charge on any atom is 0.514 e. The van der Waals surface area contributed by atoms with Crippen molar-refractivity contribution in [3.63, 3.8) is 0 Å². The Morgan fingerprint density at radius 3 is 1.35 bits per heavy atom. The van der Waals surface area contributed by atoms with E-state index in [1.807, 2.05) is 38.1 Å². The van der Waals surface area contributed by atoms with Crippen LogP contribution in [-0.2, 0) is 41.4 Å². The lowest BCUT2D eigenvalue weighted by atomic mass is 10.00. The Morgan fingerprint density at radius 2 is 1.02 bits per heavy atom. The van der Waals surface area contributed by atoms with Crippen LogP contribution in [0.1, 0.15) is 98.6 Å². The number of aryl methyl sites for hydroxylation is 2. The van der Waals surface area contributed by atoms with E-state index in [-0.39, 0.29) is 25.0 Å². The molecule has 48 heavy (non-hydrogen) atoms. The molecule has 0 radical (unpaired) electrons. The molecule has 2 atom stereocenters. The molecule has 264 valence electrons. The molecule has 2 aromatic carbocycles. The van der Waals surface area contributed by atoms with E-state index in [4.69, 9.17) is 28.4 Å². The quantitative estimate of drug-likeness (QED) is 0.0601. The molecule has 10 nitrogen and oxygen atoms in total. The van der Waals surface area contributed by atoms with E-state index >= 15 is 0 Å². The number of ether oxygens (including phenoxy) is 6. The van der Waals surface area contributed by atoms with Gasteiger partial charge >= 0.3 is 24.2 Å². The third kappa shape index (κ3) is 11.3. The average Bonchev–Trinajstić information content (AvgIpc) is 3.65. The van der Waals surface area contributed by atoms with E-state index in [0.717, 1.165) is 24.0 Å². The van der Waals surface area contributed by atoms with E-state index < -0.39 is 40.9 Å². The molecule has 3 rings (SSSR count). The minimum atomic E-state index is -1.26. The van der Waals surface area contributed by atoms with Gasteiger partial charge in [0, 0.05) is 0 Å². The molecule has 0 N–H and O–H groups in total. The van der Waals surface area contributed by atoms with Crippen molar-refractivity contribution in [3.8, 4) is 11.5 Å². The highest BCUT2D eigenvalue weighted by Crippen LogP contribution is 2.64. The first kappa shape index (κ1) is 38.4. The minimum Gasteiger partial charge on any atom is -0.465 e. The topological polar surface area (TPSA) is 124 Å². The van der Waals surface area contributed by atoms with Crippen LogP contribution in [0.5, 0.6) is 11.5 Å². The molecule has 0 aromatic heterocycles. The number of esters is 2. The summed E-state index contributed by atoms with van der Waals surface area (Å²) in [6.45, 7) is 15.0. The summed E-state index contributed by atoms with van der Waals surface area (Å²) in [7, 11) is 0. The standard InChI is InChI=1S/C38H52O10/c1-9-13-31-30(10-2)38(31,32(39)43-24-11-14-26-16-20-28(21-17-26)45-34(41)47-36(3,4)5)33(40)44-25-12-15-27-18-22-29(23-19-27)46-35(42)48-37(6,7)8/h16-23,30-31H,9-15,24-25H2,1-8H3. The fourth-order valence-corrected chi connectivity index (χ4v) is 5.88. The zero-order valence-electron chi connectivity index (χ0n) is 29.7. The summed E-state index contributed by atoms with van der Waals surface area (Å²) in [5.41, 5.74) is -0.566. The van der Waals surface area contributed by atoms with Gasteiger partial charge in [-0.25, -0.2) is 9.59 Å². The number of rotatable bonds is 15. The lowest BCUT2D eigenvalue weighted by molar-refractivity contribution is -0.166. The molecular weight excluding hydrogens is 616 g/mol. The van der Waals surface area contributed by atoms with Gasteiger partial charge in [-0.15, -0.1) is 0 Å². The molecular formula is C38H52O10. The maximum absolute atomic E-state index is 13.5. The number of carbonyl (C=O) groups excluding carboxylic acids is 4. The molecule has 1 aliphatic carbocycles. The van der Waals surface area contributed by atoms with Gasteiger partial charge in [-0.1, -0.05) is 51.0 Å². The van der Waals surface area contributed by atoms with Crippen molar-refractivity contribution < 1.29 is 47.6 Å². The monoisotopic (exact) mass is 668 g/mol. The van der Waals surface area contributed by atoms with Gasteiger partial charge in [0.15, 0.2) is 5.41 Å². The second kappa shape index (κ2) is 16.8. The zero-order valence-corrected chi connectivity index (χ0v) is 29.7. The van der Waals surface area contributed by atoms with Crippen molar-refractivity contribution >= 4 is 24.2 Å². The molecule has 1 fully saturated rings. The van der Waals surface area contributed by atoms with Crippen LogP contribution < -0.4 is 9.47 Å². The van der Waals surface area contributed by atoms with Crippen LogP contribution in [-0.4, -0.2) is 48.7 Å². The highest BCUT2D eigenvalue weighted by molar-refractivity contribution is 6.04. The van der Waals surface area contributed by atoms with Crippen LogP contribution in [0.3, 0.4) is 0 Å². The average molecular weight is 669 g/mol. The van der Waals surface area contributed by atoms with Gasteiger partial charge in [0.05, 0.1) is 13.2 Å². The van der Waals surface area contributed by atoms with Crippen molar-refractivity contribution in [2.75, 3.05) is 13.2 Å². The minimum absolute atomic E-state index is 0.0949. The van der Waals surface area contributed by atoms with E-state index in [1.54, 1.807) is 65.8 Å². The van der Waals surface area contributed by atoms with Gasteiger partial charge in [0.1, 0.15) is 22.7 Å². The first-order valence-corrected chi connectivity index (χ1v) is 16.9. The van der Waals surface area contributed by atoms with E-state index in [9.17, 15) is 19.2 Å². The summed E-state index contributed by atoms with van der Waals surface area (Å²) in [4.78, 5) is 50.8. The molecule has 2 unspecified atom stereocenters. The van der Waals surface area contributed by atoms with Crippen molar-refractivity contribution in [3.05, 3.63) is 59.7 Å². The van der Waals surface area contributed by atoms with Gasteiger partial charge in [-0.05, 0) is 121 Å². The van der Waals surface area contributed by atoms with Gasteiger partial charge < -0.3 is 28.4 Å². The zero-order chi connectivity index (χ0) is 35.5. The molecule has 1 aliphatic rings. The van der Waals surface area contributed by atoms with Crippen LogP contribution in [0.25, 0.3) is 0 Å². The van der Waals surface area contributed by atoms with Crippen LogP contribution >= 0.6 is 0 Å². The van der Waals surface area contributed by atoms with Crippen LogP contribution in [0.15, 0.2) is 48.5 Å². The molecule has 10 heteroatoms. The van der Waals surface area contributed by atoms with Crippen molar-refractivity contribution in [2.45, 2.75) is 112 Å². The second-order valence-electron chi connectivity index (χ2n) is 14.2. The summed E-state index contributed by atoms with van der Waals surface area (Å²) in [5.74, 6) is -0.443. The Kier molecular flexibility index (Phi) is 13.5. The first-order chi connectivity index (χ1) is 22.6. The highest BCUT2D eigenvalue weighted by atomic mass is 16.7. The van der Waals surface area contributed by atoms with Gasteiger partial charge in [-0.3, -0.25) is 9.59 Å². The Balaban J connectivity index is 1.47. The molecule has 0 bridgehead atoms. The normalized spacial score (nSPS) is 16.8. The fraction of sp³-hybridized carbons (Fsp3) is 0.579. The second-order valence-corrected chi connectivity index (χ2v) is 14.2. The third-order valence-corrected chi connectivity index (χ3v) is 7.98. The Morgan fingerprint density at radius 1 is 0.625 bits per heavy atom. The van der Waals surface area contributed by atoms with Gasteiger partial charge in [0.25, 0.3) is 0 Å². The van der Waals surface area contributed by atoms with E-state index in [2.05, 4.69) is 0 Å². The van der Waals surface area contributed by atoms with Crippen molar-refractivity contribution in [2.24, 2.45) is 17.3 Å². The molecule has 0 aliphatic heterocycles. The summed E-state index contributed by atoms with van der Waals surface area (Å²) in [5, 5.41) is 0. The Hall–Kier alpha value is -4.08. The van der Waals surface area contributed by atoms with Crippen LogP contribution in [0.4, 0.5) is 9.59 Å². The van der Waals surface area contributed by atoms with Gasteiger partial charge in [-0.2, -0.15) is 0 Å². The summed E-state index contributed by atoms with van der Waals surface area (Å²) in [6, 6.07) is 14.1. The largest absolute Gasteiger partial charge is 0.514 e. The number of hydrogen-bond acceptors (Lipinski definition) is 10. The van der Waals surface area contributed by atoms with Crippen LogP contribution in [0, 0.1) is 17.3 Å². The highest BCUT2D eigenvalue weighted by Gasteiger charge is 2.74. The molecule has 0 heterocycles. The molecule has 0 saturated heterocycles. The van der Waals surface area contributed by atoms with Crippen molar-refractivity contribution in [1.29, 1.82) is 0 Å². The smallest absolute Gasteiger partial charge is 0.465 e. The Bertz CT molecular complexity index is 1270. The van der Waals surface area contributed by atoms with Gasteiger partial charge in [0.2, 0.25) is 0 Å². The fourth-order valence-electron chi connectivity index (χ4n) is 5.88. The maximum atomic E-state index is 13.5. The summed E-state index contributed by atoms with van der Waals surface area (Å²) < 4.78 is 32.2. The Labute approximate surface area is 284 Å². The predicted molar refractivity (Wildman–Crippen MR) is 180 cm³/mol. The molecule has 0 amide bonds. The SMILES string of the molecule is CCCC1C(CC)C1(C(=O)OCCCc1ccc(OC(=O)OC(C)(C)C)cc1)C(=O)OCCCc1ccc(OC(=O)OC(C)(C)C)cc1. The molecule has 1 saturated carbocycles. The molecule has 0 spiro atoms. The first-order valence-electron chi connectivity index (χ1n) is 16.9. The third-order valence-electron chi connectivity index (χ3n) is 7.98.